The van der Waals surface area contributed by atoms with Crippen molar-refractivity contribution in [3.8, 4) is 11.5 Å². The topological polar surface area (TPSA) is 30.5 Å². The highest BCUT2D eigenvalue weighted by atomic mass is 32.2. The third-order valence-corrected chi connectivity index (χ3v) is 3.36. The summed E-state index contributed by atoms with van der Waals surface area (Å²) in [5.74, 6) is 4.10. The van der Waals surface area contributed by atoms with Gasteiger partial charge in [-0.1, -0.05) is 6.92 Å². The molecule has 0 spiro atoms. The lowest BCUT2D eigenvalue weighted by Gasteiger charge is -2.06. The van der Waals surface area contributed by atoms with Crippen molar-refractivity contribution >= 4 is 17.4 Å². The molecule has 1 heterocycles. The number of thioether (sulfide) groups is 1. The molecule has 0 fully saturated rings. The van der Waals surface area contributed by atoms with E-state index in [1.54, 1.807) is 0 Å². The van der Waals surface area contributed by atoms with E-state index in [-0.39, 0.29) is 0 Å². The van der Waals surface area contributed by atoms with Crippen molar-refractivity contribution in [2.75, 3.05) is 30.2 Å². The summed E-state index contributed by atoms with van der Waals surface area (Å²) in [6.07, 6.45) is 1.19. The molecule has 0 radical (unpaired) electrons. The molecule has 0 atom stereocenters. The lowest BCUT2D eigenvalue weighted by atomic mass is 10.2. The second kappa shape index (κ2) is 5.89. The van der Waals surface area contributed by atoms with E-state index in [1.165, 1.54) is 17.9 Å². The molecule has 0 saturated heterocycles. The second-order valence-corrected chi connectivity index (χ2v) is 4.94. The first kappa shape index (κ1) is 11.5. The number of rotatable bonds is 6. The smallest absolute Gasteiger partial charge is 0.231 e. The van der Waals surface area contributed by atoms with Crippen LogP contribution >= 0.6 is 11.8 Å². The molecule has 1 aromatic carbocycles. The molecule has 0 saturated carbocycles. The van der Waals surface area contributed by atoms with Crippen molar-refractivity contribution in [2.45, 2.75) is 13.3 Å². The fourth-order valence-electron chi connectivity index (χ4n) is 1.56. The van der Waals surface area contributed by atoms with Gasteiger partial charge in [0, 0.05) is 18.3 Å². The van der Waals surface area contributed by atoms with Gasteiger partial charge in [-0.25, -0.2) is 0 Å². The summed E-state index contributed by atoms with van der Waals surface area (Å²) < 4.78 is 10.6. The van der Waals surface area contributed by atoms with Gasteiger partial charge < -0.3 is 14.8 Å². The van der Waals surface area contributed by atoms with Crippen LogP contribution in [0.1, 0.15) is 13.3 Å². The molecule has 0 bridgehead atoms. The molecule has 1 aliphatic heterocycles. The molecule has 0 aliphatic carbocycles. The SMILES string of the molecule is CCSCCCNc1ccc2c(c1)OCO2. The van der Waals surface area contributed by atoms with E-state index in [0.717, 1.165) is 23.7 Å². The van der Waals surface area contributed by atoms with Gasteiger partial charge in [0.05, 0.1) is 0 Å². The lowest BCUT2D eigenvalue weighted by Crippen LogP contribution is -2.02. The summed E-state index contributed by atoms with van der Waals surface area (Å²) in [7, 11) is 0. The highest BCUT2D eigenvalue weighted by Crippen LogP contribution is 2.34. The van der Waals surface area contributed by atoms with Gasteiger partial charge in [0.2, 0.25) is 6.79 Å². The average molecular weight is 239 g/mol. The van der Waals surface area contributed by atoms with E-state index in [0.29, 0.717) is 6.79 Å². The van der Waals surface area contributed by atoms with Crippen molar-refractivity contribution in [3.63, 3.8) is 0 Å². The molecule has 4 heteroatoms. The monoisotopic (exact) mass is 239 g/mol. The number of benzene rings is 1. The van der Waals surface area contributed by atoms with Crippen LogP contribution in [0.4, 0.5) is 5.69 Å². The first-order chi connectivity index (χ1) is 7.90. The average Bonchev–Trinajstić information content (AvgIpc) is 2.76. The minimum atomic E-state index is 0.339. The quantitative estimate of drug-likeness (QED) is 0.773. The minimum Gasteiger partial charge on any atom is -0.454 e. The molecule has 2 rings (SSSR count). The molecule has 0 amide bonds. The molecular weight excluding hydrogens is 222 g/mol. The van der Waals surface area contributed by atoms with Crippen molar-refractivity contribution in [2.24, 2.45) is 0 Å². The van der Waals surface area contributed by atoms with Gasteiger partial charge in [-0.05, 0) is 30.1 Å². The van der Waals surface area contributed by atoms with Gasteiger partial charge in [0.25, 0.3) is 0 Å². The van der Waals surface area contributed by atoms with Crippen LogP contribution < -0.4 is 14.8 Å². The van der Waals surface area contributed by atoms with Crippen LogP contribution in [0.3, 0.4) is 0 Å². The maximum absolute atomic E-state index is 5.32. The molecule has 1 aliphatic rings. The van der Waals surface area contributed by atoms with E-state index in [9.17, 15) is 0 Å². The van der Waals surface area contributed by atoms with Gasteiger partial charge in [0.1, 0.15) is 0 Å². The van der Waals surface area contributed by atoms with E-state index >= 15 is 0 Å². The van der Waals surface area contributed by atoms with Gasteiger partial charge in [0.15, 0.2) is 11.5 Å². The van der Waals surface area contributed by atoms with Crippen molar-refractivity contribution in [1.29, 1.82) is 0 Å². The maximum atomic E-state index is 5.32. The van der Waals surface area contributed by atoms with Crippen LogP contribution in [0.5, 0.6) is 11.5 Å². The zero-order chi connectivity index (χ0) is 11.2. The fourth-order valence-corrected chi connectivity index (χ4v) is 2.19. The van der Waals surface area contributed by atoms with E-state index in [1.807, 2.05) is 30.0 Å². The number of fused-ring (bicyclic) bond motifs is 1. The van der Waals surface area contributed by atoms with Crippen molar-refractivity contribution in [3.05, 3.63) is 18.2 Å². The van der Waals surface area contributed by atoms with Crippen LogP contribution in [0.15, 0.2) is 18.2 Å². The summed E-state index contributed by atoms with van der Waals surface area (Å²) in [6, 6.07) is 5.97. The number of hydrogen-bond acceptors (Lipinski definition) is 4. The summed E-state index contributed by atoms with van der Waals surface area (Å²) in [5.41, 5.74) is 1.10. The summed E-state index contributed by atoms with van der Waals surface area (Å²) >= 11 is 1.98. The molecule has 88 valence electrons. The third kappa shape index (κ3) is 2.98. The molecule has 16 heavy (non-hydrogen) atoms. The lowest BCUT2D eigenvalue weighted by molar-refractivity contribution is 0.174. The molecule has 0 unspecified atom stereocenters. The predicted molar refractivity (Wildman–Crippen MR) is 68.7 cm³/mol. The Morgan fingerprint density at radius 2 is 2.19 bits per heavy atom. The van der Waals surface area contributed by atoms with Crippen LogP contribution in [0, 0.1) is 0 Å². The van der Waals surface area contributed by atoms with Crippen LogP contribution in [-0.4, -0.2) is 24.8 Å². The molecule has 0 aromatic heterocycles. The first-order valence-corrected chi connectivity index (χ1v) is 6.77. The first-order valence-electron chi connectivity index (χ1n) is 5.61. The van der Waals surface area contributed by atoms with E-state index in [4.69, 9.17) is 9.47 Å². The number of nitrogens with one attached hydrogen (secondary N) is 1. The summed E-state index contributed by atoms with van der Waals surface area (Å²) in [5, 5.41) is 3.38. The standard InChI is InChI=1S/C12H17NO2S/c1-2-16-7-3-6-13-10-4-5-11-12(8-10)15-9-14-11/h4-5,8,13H,2-3,6-7,9H2,1H3. The Balaban J connectivity index is 1.77. The molecule has 3 nitrogen and oxygen atoms in total. The highest BCUT2D eigenvalue weighted by molar-refractivity contribution is 7.99. The molecule has 1 N–H and O–H groups in total. The van der Waals surface area contributed by atoms with Crippen LogP contribution in [-0.2, 0) is 0 Å². The summed E-state index contributed by atoms with van der Waals surface area (Å²) in [4.78, 5) is 0. The Labute approximate surface area is 101 Å². The van der Waals surface area contributed by atoms with Crippen molar-refractivity contribution < 1.29 is 9.47 Å². The second-order valence-electron chi connectivity index (χ2n) is 3.55. The Hall–Kier alpha value is -1.03. The van der Waals surface area contributed by atoms with Gasteiger partial charge >= 0.3 is 0 Å². The predicted octanol–water partition coefficient (Wildman–Crippen LogP) is 2.97. The highest BCUT2D eigenvalue weighted by Gasteiger charge is 2.12. The van der Waals surface area contributed by atoms with Crippen molar-refractivity contribution in [1.82, 2.24) is 0 Å². The Morgan fingerprint density at radius 1 is 1.31 bits per heavy atom. The zero-order valence-electron chi connectivity index (χ0n) is 9.49. The Kier molecular flexibility index (Phi) is 4.22. The normalized spacial score (nSPS) is 12.8. The largest absolute Gasteiger partial charge is 0.454 e. The van der Waals surface area contributed by atoms with Gasteiger partial charge in [-0.15, -0.1) is 0 Å². The maximum Gasteiger partial charge on any atom is 0.231 e. The van der Waals surface area contributed by atoms with E-state index < -0.39 is 0 Å². The summed E-state index contributed by atoms with van der Waals surface area (Å²) in [6.45, 7) is 3.54. The number of hydrogen-bond donors (Lipinski definition) is 1. The molecule has 1 aromatic rings. The van der Waals surface area contributed by atoms with Gasteiger partial charge in [-0.2, -0.15) is 11.8 Å². The number of anilines is 1. The van der Waals surface area contributed by atoms with Gasteiger partial charge in [-0.3, -0.25) is 0 Å². The Bertz CT molecular complexity index is 344. The minimum absolute atomic E-state index is 0.339. The van der Waals surface area contributed by atoms with E-state index in [2.05, 4.69) is 12.2 Å². The number of ether oxygens (including phenoxy) is 2. The zero-order valence-corrected chi connectivity index (χ0v) is 10.3. The fraction of sp³-hybridized carbons (Fsp3) is 0.500. The van der Waals surface area contributed by atoms with Crippen LogP contribution in [0.2, 0.25) is 0 Å². The van der Waals surface area contributed by atoms with Crippen LogP contribution in [0.25, 0.3) is 0 Å². The third-order valence-electron chi connectivity index (χ3n) is 2.37. The molecular formula is C12H17NO2S. The Morgan fingerprint density at radius 3 is 3.06 bits per heavy atom.